The molecule has 2 heterocycles. The molecular formula is C24H23N3O3S. The highest BCUT2D eigenvalue weighted by molar-refractivity contribution is 8.00. The summed E-state index contributed by atoms with van der Waals surface area (Å²) in [6.07, 6.45) is 1.64. The highest BCUT2D eigenvalue weighted by Gasteiger charge is 2.22. The number of ether oxygens (including phenoxy) is 1. The number of hydrogen-bond acceptors (Lipinski definition) is 6. The first-order valence-electron chi connectivity index (χ1n) is 9.92. The van der Waals surface area contributed by atoms with Crippen LogP contribution in [0.15, 0.2) is 76.5 Å². The summed E-state index contributed by atoms with van der Waals surface area (Å²) in [5.41, 5.74) is 2.69. The van der Waals surface area contributed by atoms with Crippen LogP contribution < -0.4 is 4.74 Å². The van der Waals surface area contributed by atoms with Crippen molar-refractivity contribution in [2.45, 2.75) is 30.8 Å². The molecule has 2 aromatic carbocycles. The van der Waals surface area contributed by atoms with Gasteiger partial charge < -0.3 is 9.15 Å². The third kappa shape index (κ3) is 4.72. The smallest absolute Gasteiger partial charge is 0.192 e. The lowest BCUT2D eigenvalue weighted by Gasteiger charge is -2.13. The molecule has 31 heavy (non-hydrogen) atoms. The number of furan rings is 1. The lowest BCUT2D eigenvalue weighted by atomic mass is 10.1. The second-order valence-corrected chi connectivity index (χ2v) is 8.50. The van der Waals surface area contributed by atoms with Gasteiger partial charge in [-0.3, -0.25) is 9.36 Å². The lowest BCUT2D eigenvalue weighted by Crippen LogP contribution is -2.15. The fourth-order valence-electron chi connectivity index (χ4n) is 3.22. The maximum Gasteiger partial charge on any atom is 0.192 e. The summed E-state index contributed by atoms with van der Waals surface area (Å²) < 4.78 is 12.9. The molecule has 2 aromatic heterocycles. The van der Waals surface area contributed by atoms with Crippen molar-refractivity contribution in [2.24, 2.45) is 0 Å². The van der Waals surface area contributed by atoms with E-state index in [1.165, 1.54) is 11.8 Å². The van der Waals surface area contributed by atoms with Crippen LogP contribution in [-0.2, 0) is 6.54 Å². The first-order chi connectivity index (χ1) is 15.0. The Morgan fingerprint density at radius 1 is 1.13 bits per heavy atom. The summed E-state index contributed by atoms with van der Waals surface area (Å²) in [7, 11) is 1.63. The van der Waals surface area contributed by atoms with Gasteiger partial charge in [0.2, 0.25) is 0 Å². The van der Waals surface area contributed by atoms with Crippen molar-refractivity contribution in [1.82, 2.24) is 14.8 Å². The zero-order valence-corrected chi connectivity index (χ0v) is 18.4. The Morgan fingerprint density at radius 3 is 2.65 bits per heavy atom. The van der Waals surface area contributed by atoms with Crippen molar-refractivity contribution in [3.8, 4) is 17.1 Å². The Bertz CT molecular complexity index is 1170. The molecule has 1 atom stereocenters. The van der Waals surface area contributed by atoms with Crippen LogP contribution >= 0.6 is 11.8 Å². The first kappa shape index (κ1) is 20.9. The molecule has 0 saturated heterocycles. The number of aryl methyl sites for hydroxylation is 1. The van der Waals surface area contributed by atoms with Gasteiger partial charge in [-0.2, -0.15) is 0 Å². The summed E-state index contributed by atoms with van der Waals surface area (Å²) in [6, 6.07) is 19.1. The minimum atomic E-state index is -0.319. The van der Waals surface area contributed by atoms with Crippen LogP contribution in [0, 0.1) is 6.92 Å². The molecule has 0 bridgehead atoms. The highest BCUT2D eigenvalue weighted by atomic mass is 32.2. The number of aromatic nitrogens is 3. The number of thioether (sulfide) groups is 1. The van der Waals surface area contributed by atoms with Gasteiger partial charge in [0, 0.05) is 11.1 Å². The van der Waals surface area contributed by atoms with Gasteiger partial charge in [0.05, 0.1) is 25.2 Å². The second-order valence-electron chi connectivity index (χ2n) is 7.19. The van der Waals surface area contributed by atoms with Crippen LogP contribution in [0.3, 0.4) is 0 Å². The van der Waals surface area contributed by atoms with E-state index in [0.717, 1.165) is 22.6 Å². The zero-order chi connectivity index (χ0) is 21.8. The fraction of sp³-hybridized carbons (Fsp3) is 0.208. The van der Waals surface area contributed by atoms with Gasteiger partial charge >= 0.3 is 0 Å². The van der Waals surface area contributed by atoms with Gasteiger partial charge in [-0.05, 0) is 38.1 Å². The normalized spacial score (nSPS) is 12.0. The topological polar surface area (TPSA) is 70.2 Å². The predicted molar refractivity (Wildman–Crippen MR) is 121 cm³/mol. The van der Waals surface area contributed by atoms with Gasteiger partial charge in [-0.25, -0.2) is 0 Å². The molecule has 158 valence electrons. The van der Waals surface area contributed by atoms with E-state index in [4.69, 9.17) is 9.15 Å². The predicted octanol–water partition coefficient (Wildman–Crippen LogP) is 5.27. The number of carbonyl (C=O) groups excluding carboxylic acids is 1. The molecule has 6 nitrogen and oxygen atoms in total. The van der Waals surface area contributed by atoms with Crippen molar-refractivity contribution in [3.63, 3.8) is 0 Å². The minimum absolute atomic E-state index is 0.0560. The van der Waals surface area contributed by atoms with E-state index in [1.807, 2.05) is 79.1 Å². The summed E-state index contributed by atoms with van der Waals surface area (Å²) in [5, 5.41) is 9.16. The second kappa shape index (κ2) is 9.22. The van der Waals surface area contributed by atoms with Crippen molar-refractivity contribution < 1.29 is 13.9 Å². The number of nitrogens with zero attached hydrogens (tertiary/aromatic N) is 3. The van der Waals surface area contributed by atoms with Gasteiger partial charge in [-0.1, -0.05) is 53.7 Å². The average Bonchev–Trinajstić information content (AvgIpc) is 3.44. The Kier molecular flexibility index (Phi) is 6.23. The molecule has 4 aromatic rings. The van der Waals surface area contributed by atoms with Crippen molar-refractivity contribution in [2.75, 3.05) is 7.11 Å². The molecule has 0 saturated carbocycles. The van der Waals surface area contributed by atoms with Gasteiger partial charge in [0.15, 0.2) is 16.8 Å². The highest BCUT2D eigenvalue weighted by Crippen LogP contribution is 2.30. The van der Waals surface area contributed by atoms with Gasteiger partial charge in [0.1, 0.15) is 11.5 Å². The monoisotopic (exact) mass is 433 g/mol. The van der Waals surface area contributed by atoms with Gasteiger partial charge in [0.25, 0.3) is 0 Å². The van der Waals surface area contributed by atoms with E-state index in [2.05, 4.69) is 10.2 Å². The van der Waals surface area contributed by atoms with Crippen LogP contribution in [-0.4, -0.2) is 32.9 Å². The molecule has 0 amide bonds. The Hall–Kier alpha value is -3.32. The van der Waals surface area contributed by atoms with Gasteiger partial charge in [-0.15, -0.1) is 10.2 Å². The fourth-order valence-corrected chi connectivity index (χ4v) is 4.14. The molecule has 0 aliphatic heterocycles. The number of rotatable bonds is 8. The standard InChI is InChI=1S/C24H23N3O3S/c1-16-9-11-18(12-10-16)22(28)17(2)31-24-26-25-23(19-6-4-7-20(14-19)29-3)27(24)15-21-8-5-13-30-21/h4-14,17H,15H2,1-3H3. The van der Waals surface area contributed by atoms with E-state index in [9.17, 15) is 4.79 Å². The maximum absolute atomic E-state index is 12.9. The molecule has 1 unspecified atom stereocenters. The number of ketones is 1. The average molecular weight is 434 g/mol. The van der Waals surface area contributed by atoms with E-state index in [1.54, 1.807) is 13.4 Å². The quantitative estimate of drug-likeness (QED) is 0.279. The molecule has 0 N–H and O–H groups in total. The molecule has 0 aliphatic carbocycles. The summed E-state index contributed by atoms with van der Waals surface area (Å²) in [5.74, 6) is 2.26. The number of carbonyl (C=O) groups is 1. The van der Waals surface area contributed by atoms with Crippen molar-refractivity contribution >= 4 is 17.5 Å². The van der Waals surface area contributed by atoms with Crippen LogP contribution in [0.25, 0.3) is 11.4 Å². The van der Waals surface area contributed by atoms with E-state index >= 15 is 0 Å². The van der Waals surface area contributed by atoms with Crippen LogP contribution in [0.2, 0.25) is 0 Å². The van der Waals surface area contributed by atoms with Crippen molar-refractivity contribution in [3.05, 3.63) is 83.8 Å². The number of benzene rings is 2. The van der Waals surface area contributed by atoms with Crippen molar-refractivity contribution in [1.29, 1.82) is 0 Å². The Balaban J connectivity index is 1.65. The molecule has 7 heteroatoms. The molecule has 0 spiro atoms. The maximum atomic E-state index is 12.9. The molecule has 0 aliphatic rings. The van der Waals surface area contributed by atoms with E-state index in [0.29, 0.717) is 23.1 Å². The largest absolute Gasteiger partial charge is 0.497 e. The van der Waals surface area contributed by atoms with Crippen LogP contribution in [0.5, 0.6) is 5.75 Å². The third-order valence-electron chi connectivity index (χ3n) is 4.93. The third-order valence-corrected chi connectivity index (χ3v) is 6.01. The van der Waals surface area contributed by atoms with E-state index in [-0.39, 0.29) is 11.0 Å². The van der Waals surface area contributed by atoms with Crippen LogP contribution in [0.1, 0.15) is 28.6 Å². The summed E-state index contributed by atoms with van der Waals surface area (Å²) in [6.45, 7) is 4.36. The summed E-state index contributed by atoms with van der Waals surface area (Å²) in [4.78, 5) is 12.9. The number of Topliss-reactive ketones (excluding diaryl/α,β-unsaturated/α-hetero) is 1. The van der Waals surface area contributed by atoms with E-state index < -0.39 is 0 Å². The molecule has 0 radical (unpaired) electrons. The molecule has 0 fully saturated rings. The first-order valence-corrected chi connectivity index (χ1v) is 10.8. The minimum Gasteiger partial charge on any atom is -0.497 e. The zero-order valence-electron chi connectivity index (χ0n) is 17.6. The molecular weight excluding hydrogens is 410 g/mol. The summed E-state index contributed by atoms with van der Waals surface area (Å²) >= 11 is 1.39. The number of hydrogen-bond donors (Lipinski definition) is 0. The Labute approximate surface area is 185 Å². The lowest BCUT2D eigenvalue weighted by molar-refractivity contribution is 0.0994. The Morgan fingerprint density at radius 2 is 1.94 bits per heavy atom. The SMILES string of the molecule is COc1cccc(-c2nnc(SC(C)C(=O)c3ccc(C)cc3)n2Cc2ccco2)c1. The molecule has 4 rings (SSSR count). The van der Waals surface area contributed by atoms with Crippen LogP contribution in [0.4, 0.5) is 0 Å². The number of methoxy groups -OCH3 is 1.